The number of aromatic nitrogens is 4. The summed E-state index contributed by atoms with van der Waals surface area (Å²) in [4.78, 5) is 23.3. The van der Waals surface area contributed by atoms with Crippen molar-refractivity contribution in [1.82, 2.24) is 24.6 Å². The molecule has 0 radical (unpaired) electrons. The number of carbonyl (C=O) groups is 1. The van der Waals surface area contributed by atoms with E-state index in [1.807, 2.05) is 30.5 Å². The number of aryl methyl sites for hydroxylation is 2. The van der Waals surface area contributed by atoms with Crippen molar-refractivity contribution < 1.29 is 9.53 Å². The topological polar surface area (TPSA) is 73.1 Å². The summed E-state index contributed by atoms with van der Waals surface area (Å²) in [7, 11) is 3.49. The van der Waals surface area contributed by atoms with E-state index >= 15 is 0 Å². The highest BCUT2D eigenvalue weighted by atomic mass is 16.5. The van der Waals surface area contributed by atoms with Gasteiger partial charge >= 0.3 is 0 Å². The van der Waals surface area contributed by atoms with Crippen LogP contribution in [0.4, 0.5) is 0 Å². The Kier molecular flexibility index (Phi) is 5.13. The average Bonchev–Trinajstić information content (AvgIpc) is 2.87. The molecular formula is C18H25N5O2. The van der Waals surface area contributed by atoms with E-state index in [-0.39, 0.29) is 18.4 Å². The molecule has 1 atom stereocenters. The van der Waals surface area contributed by atoms with Gasteiger partial charge in [-0.15, -0.1) is 0 Å². The molecule has 0 spiro atoms. The highest BCUT2D eigenvalue weighted by Gasteiger charge is 2.29. The Labute approximate surface area is 148 Å². The maximum absolute atomic E-state index is 12.2. The molecule has 1 aliphatic heterocycles. The summed E-state index contributed by atoms with van der Waals surface area (Å²) in [6.07, 6.45) is 5.42. The predicted molar refractivity (Wildman–Crippen MR) is 94.1 cm³/mol. The van der Waals surface area contributed by atoms with Crippen molar-refractivity contribution >= 4 is 5.91 Å². The first-order valence-corrected chi connectivity index (χ1v) is 8.61. The van der Waals surface area contributed by atoms with Crippen molar-refractivity contribution in [3.63, 3.8) is 0 Å². The van der Waals surface area contributed by atoms with Crippen molar-refractivity contribution in [2.24, 2.45) is 7.05 Å². The third-order valence-corrected chi connectivity index (χ3v) is 4.90. The van der Waals surface area contributed by atoms with Gasteiger partial charge in [0.1, 0.15) is 6.61 Å². The standard InChI is InChI=1S/C18H25N5O2/c1-12-16(13(2)22(3)21-12)18-17(19-7-8-20-18)14-6-5-9-23(10-14)15(24)11-25-4/h7-8,14H,5-6,9-11H2,1-4H3. The molecule has 1 amide bonds. The lowest BCUT2D eigenvalue weighted by atomic mass is 9.91. The smallest absolute Gasteiger partial charge is 0.248 e. The molecule has 0 aliphatic carbocycles. The van der Waals surface area contributed by atoms with Gasteiger partial charge in [-0.1, -0.05) is 0 Å². The van der Waals surface area contributed by atoms with Crippen molar-refractivity contribution in [2.75, 3.05) is 26.8 Å². The molecule has 2 aromatic rings. The molecule has 1 unspecified atom stereocenters. The number of piperidine rings is 1. The number of carbonyl (C=O) groups excluding carboxylic acids is 1. The van der Waals surface area contributed by atoms with E-state index in [1.54, 1.807) is 19.5 Å². The van der Waals surface area contributed by atoms with Crippen LogP contribution in [0.5, 0.6) is 0 Å². The lowest BCUT2D eigenvalue weighted by Gasteiger charge is -2.33. The van der Waals surface area contributed by atoms with Crippen LogP contribution in [-0.4, -0.2) is 57.4 Å². The van der Waals surface area contributed by atoms with Crippen LogP contribution in [0.15, 0.2) is 12.4 Å². The van der Waals surface area contributed by atoms with E-state index in [0.717, 1.165) is 47.7 Å². The summed E-state index contributed by atoms with van der Waals surface area (Å²) < 4.78 is 6.87. The second-order valence-electron chi connectivity index (χ2n) is 6.57. The average molecular weight is 343 g/mol. The minimum Gasteiger partial charge on any atom is -0.375 e. The zero-order valence-electron chi connectivity index (χ0n) is 15.3. The van der Waals surface area contributed by atoms with Gasteiger partial charge in [-0.3, -0.25) is 19.4 Å². The molecule has 1 saturated heterocycles. The van der Waals surface area contributed by atoms with Gasteiger partial charge in [0, 0.05) is 56.8 Å². The molecule has 2 aromatic heterocycles. The van der Waals surface area contributed by atoms with Crippen LogP contribution >= 0.6 is 0 Å². The fraction of sp³-hybridized carbons (Fsp3) is 0.556. The Morgan fingerprint density at radius 2 is 2.08 bits per heavy atom. The minimum absolute atomic E-state index is 0.0337. The number of nitrogens with zero attached hydrogens (tertiary/aromatic N) is 5. The van der Waals surface area contributed by atoms with Gasteiger partial charge in [0.25, 0.3) is 0 Å². The highest BCUT2D eigenvalue weighted by Crippen LogP contribution is 2.34. The Morgan fingerprint density at radius 1 is 1.32 bits per heavy atom. The van der Waals surface area contributed by atoms with Gasteiger partial charge in [0.05, 0.1) is 17.1 Å². The van der Waals surface area contributed by atoms with Crippen molar-refractivity contribution in [3.8, 4) is 11.3 Å². The van der Waals surface area contributed by atoms with Crippen LogP contribution in [0.2, 0.25) is 0 Å². The molecule has 7 heteroatoms. The van der Waals surface area contributed by atoms with Crippen LogP contribution in [0.3, 0.4) is 0 Å². The molecule has 3 heterocycles. The van der Waals surface area contributed by atoms with Crippen LogP contribution in [0, 0.1) is 13.8 Å². The zero-order valence-corrected chi connectivity index (χ0v) is 15.3. The van der Waals surface area contributed by atoms with E-state index in [2.05, 4.69) is 15.1 Å². The van der Waals surface area contributed by atoms with Gasteiger partial charge in [0.15, 0.2) is 0 Å². The Balaban J connectivity index is 1.94. The minimum atomic E-state index is 0.0337. The fourth-order valence-electron chi connectivity index (χ4n) is 3.60. The summed E-state index contributed by atoms with van der Waals surface area (Å²) in [5, 5.41) is 4.51. The predicted octanol–water partition coefficient (Wildman–Crippen LogP) is 1.85. The second-order valence-corrected chi connectivity index (χ2v) is 6.57. The van der Waals surface area contributed by atoms with Crippen LogP contribution in [0.1, 0.15) is 35.8 Å². The van der Waals surface area contributed by atoms with Crippen molar-refractivity contribution in [3.05, 3.63) is 29.5 Å². The van der Waals surface area contributed by atoms with E-state index in [9.17, 15) is 4.79 Å². The second kappa shape index (κ2) is 7.31. The molecule has 134 valence electrons. The molecule has 0 bridgehead atoms. The number of amides is 1. The maximum atomic E-state index is 12.2. The third kappa shape index (κ3) is 3.42. The van der Waals surface area contributed by atoms with E-state index < -0.39 is 0 Å². The molecule has 1 fully saturated rings. The van der Waals surface area contributed by atoms with Gasteiger partial charge < -0.3 is 9.64 Å². The Morgan fingerprint density at radius 3 is 2.76 bits per heavy atom. The van der Waals surface area contributed by atoms with Crippen LogP contribution < -0.4 is 0 Å². The SMILES string of the molecule is COCC(=O)N1CCCC(c2nccnc2-c2c(C)nn(C)c2C)C1. The number of likely N-dealkylation sites (tertiary alicyclic amines) is 1. The lowest BCUT2D eigenvalue weighted by Crippen LogP contribution is -2.41. The Bertz CT molecular complexity index is 771. The Hall–Kier alpha value is -2.28. The summed E-state index contributed by atoms with van der Waals surface area (Å²) in [5.41, 5.74) is 4.91. The number of hydrogen-bond acceptors (Lipinski definition) is 5. The monoisotopic (exact) mass is 343 g/mol. The molecule has 1 aliphatic rings. The van der Waals surface area contributed by atoms with Gasteiger partial charge in [-0.25, -0.2) is 0 Å². The number of hydrogen-bond donors (Lipinski definition) is 0. The first kappa shape index (κ1) is 17.5. The number of ether oxygens (including phenoxy) is 1. The summed E-state index contributed by atoms with van der Waals surface area (Å²) in [6.45, 7) is 5.60. The van der Waals surface area contributed by atoms with Crippen LogP contribution in [-0.2, 0) is 16.6 Å². The van der Waals surface area contributed by atoms with Crippen molar-refractivity contribution in [2.45, 2.75) is 32.6 Å². The summed E-state index contributed by atoms with van der Waals surface area (Å²) in [5.74, 6) is 0.212. The lowest BCUT2D eigenvalue weighted by molar-refractivity contribution is -0.136. The van der Waals surface area contributed by atoms with Gasteiger partial charge in [-0.05, 0) is 26.7 Å². The normalized spacial score (nSPS) is 17.8. The van der Waals surface area contributed by atoms with Crippen LogP contribution in [0.25, 0.3) is 11.3 Å². The van der Waals surface area contributed by atoms with Gasteiger partial charge in [0.2, 0.25) is 5.91 Å². The quantitative estimate of drug-likeness (QED) is 0.847. The molecule has 0 saturated carbocycles. The maximum Gasteiger partial charge on any atom is 0.248 e. The molecule has 7 nitrogen and oxygen atoms in total. The summed E-state index contributed by atoms with van der Waals surface area (Å²) in [6, 6.07) is 0. The molecule has 0 N–H and O–H groups in total. The van der Waals surface area contributed by atoms with E-state index in [0.29, 0.717) is 6.54 Å². The first-order chi connectivity index (χ1) is 12.0. The number of methoxy groups -OCH3 is 1. The first-order valence-electron chi connectivity index (χ1n) is 8.61. The summed E-state index contributed by atoms with van der Waals surface area (Å²) >= 11 is 0. The highest BCUT2D eigenvalue weighted by molar-refractivity contribution is 5.77. The van der Waals surface area contributed by atoms with Gasteiger partial charge in [-0.2, -0.15) is 5.10 Å². The molecule has 3 rings (SSSR count). The largest absolute Gasteiger partial charge is 0.375 e. The third-order valence-electron chi connectivity index (χ3n) is 4.90. The molecule has 25 heavy (non-hydrogen) atoms. The van der Waals surface area contributed by atoms with E-state index in [1.165, 1.54) is 0 Å². The molecule has 0 aromatic carbocycles. The molecular weight excluding hydrogens is 318 g/mol. The fourth-order valence-corrected chi connectivity index (χ4v) is 3.60. The van der Waals surface area contributed by atoms with Crippen molar-refractivity contribution in [1.29, 1.82) is 0 Å². The van der Waals surface area contributed by atoms with E-state index in [4.69, 9.17) is 4.74 Å². The zero-order chi connectivity index (χ0) is 18.0. The number of rotatable bonds is 4.